The third-order valence-electron chi connectivity index (χ3n) is 3.92. The highest BCUT2D eigenvalue weighted by Crippen LogP contribution is 2.32. The Morgan fingerprint density at radius 3 is 2.54 bits per heavy atom. The molecule has 0 aliphatic heterocycles. The third kappa shape index (κ3) is 3.80. The van der Waals surface area contributed by atoms with Gasteiger partial charge in [0.15, 0.2) is 0 Å². The van der Waals surface area contributed by atoms with Crippen molar-refractivity contribution in [3.05, 3.63) is 63.6 Å². The summed E-state index contributed by atoms with van der Waals surface area (Å²) in [6, 6.07) is 7.49. The molecule has 3 rings (SSSR count). The van der Waals surface area contributed by atoms with Gasteiger partial charge in [0, 0.05) is 17.5 Å². The lowest BCUT2D eigenvalue weighted by atomic mass is 10.0. The first-order valence-electron chi connectivity index (χ1n) is 7.72. The minimum Gasteiger partial charge on any atom is -0.363 e. The van der Waals surface area contributed by atoms with Gasteiger partial charge in [0.2, 0.25) is 0 Å². The molecule has 136 valence electrons. The van der Waals surface area contributed by atoms with E-state index in [1.807, 2.05) is 0 Å². The largest absolute Gasteiger partial charge is 0.416 e. The van der Waals surface area contributed by atoms with Crippen LogP contribution in [0.1, 0.15) is 29.9 Å². The van der Waals surface area contributed by atoms with Crippen molar-refractivity contribution < 1.29 is 17.6 Å². The zero-order valence-electron chi connectivity index (χ0n) is 13.8. The number of hydrogen-bond acceptors (Lipinski definition) is 3. The molecule has 0 bridgehead atoms. The molecule has 3 nitrogen and oxygen atoms in total. The van der Waals surface area contributed by atoms with Gasteiger partial charge in [-0.15, -0.1) is 0 Å². The average Bonchev–Trinajstić information content (AvgIpc) is 2.56. The fourth-order valence-electron chi connectivity index (χ4n) is 2.62. The van der Waals surface area contributed by atoms with Crippen molar-refractivity contribution in [3.63, 3.8) is 0 Å². The minimum absolute atomic E-state index is 0.257. The Morgan fingerprint density at radius 2 is 1.85 bits per heavy atom. The molecule has 26 heavy (non-hydrogen) atoms. The first-order valence-corrected chi connectivity index (χ1v) is 8.51. The lowest BCUT2D eigenvalue weighted by Crippen LogP contribution is -2.12. The summed E-state index contributed by atoms with van der Waals surface area (Å²) in [5, 5.41) is 3.68. The van der Waals surface area contributed by atoms with Gasteiger partial charge in [0.1, 0.15) is 17.5 Å². The standard InChI is InChI=1S/C18H14BrF4N3/c1-9(11-4-3-5-12(6-11)18(21,22)23)24-17-13-7-14(19)15(20)8-16(13)25-10(2)26-17/h3-9H,1-2H3,(H,24,25,26). The Balaban J connectivity index is 2.00. The summed E-state index contributed by atoms with van der Waals surface area (Å²) >= 11 is 3.13. The number of anilines is 1. The van der Waals surface area contributed by atoms with Crippen molar-refractivity contribution >= 4 is 32.7 Å². The molecule has 8 heteroatoms. The lowest BCUT2D eigenvalue weighted by molar-refractivity contribution is -0.137. The summed E-state index contributed by atoms with van der Waals surface area (Å²) in [4.78, 5) is 8.53. The molecule has 0 fully saturated rings. The molecule has 0 amide bonds. The molecule has 1 N–H and O–H groups in total. The molecule has 1 unspecified atom stereocenters. The van der Waals surface area contributed by atoms with Crippen molar-refractivity contribution in [2.45, 2.75) is 26.1 Å². The maximum absolute atomic E-state index is 13.8. The molecule has 3 aromatic rings. The summed E-state index contributed by atoms with van der Waals surface area (Å²) < 4.78 is 52.8. The third-order valence-corrected chi connectivity index (χ3v) is 4.52. The van der Waals surface area contributed by atoms with Crippen LogP contribution in [0.15, 0.2) is 40.9 Å². The van der Waals surface area contributed by atoms with Gasteiger partial charge in [-0.25, -0.2) is 14.4 Å². The van der Waals surface area contributed by atoms with E-state index in [1.54, 1.807) is 26.0 Å². The van der Waals surface area contributed by atoms with Crippen LogP contribution in [0.3, 0.4) is 0 Å². The Morgan fingerprint density at radius 1 is 1.12 bits per heavy atom. The smallest absolute Gasteiger partial charge is 0.363 e. The summed E-state index contributed by atoms with van der Waals surface area (Å²) in [5.74, 6) is 0.406. The number of rotatable bonds is 3. The maximum Gasteiger partial charge on any atom is 0.416 e. The van der Waals surface area contributed by atoms with Crippen LogP contribution in [-0.2, 0) is 6.18 Å². The van der Waals surface area contributed by atoms with Crippen molar-refractivity contribution in [1.82, 2.24) is 9.97 Å². The zero-order chi connectivity index (χ0) is 19.1. The van der Waals surface area contributed by atoms with Crippen LogP contribution >= 0.6 is 15.9 Å². The number of aromatic nitrogens is 2. The van der Waals surface area contributed by atoms with E-state index in [0.717, 1.165) is 12.1 Å². The SMILES string of the molecule is Cc1nc(NC(C)c2cccc(C(F)(F)F)c2)c2cc(Br)c(F)cc2n1. The van der Waals surface area contributed by atoms with E-state index in [4.69, 9.17) is 0 Å². The number of fused-ring (bicyclic) bond motifs is 1. The number of hydrogen-bond donors (Lipinski definition) is 1. The number of halogens is 5. The molecule has 1 aromatic heterocycles. The predicted molar refractivity (Wildman–Crippen MR) is 95.4 cm³/mol. The Hall–Kier alpha value is -2.22. The fraction of sp³-hybridized carbons (Fsp3) is 0.222. The van der Waals surface area contributed by atoms with E-state index in [2.05, 4.69) is 31.2 Å². The molecule has 1 heterocycles. The molecule has 0 aliphatic rings. The van der Waals surface area contributed by atoms with E-state index in [9.17, 15) is 17.6 Å². The number of nitrogens with one attached hydrogen (secondary N) is 1. The molecule has 0 saturated heterocycles. The van der Waals surface area contributed by atoms with Crippen LogP contribution in [0.5, 0.6) is 0 Å². The molecule has 1 atom stereocenters. The van der Waals surface area contributed by atoms with E-state index < -0.39 is 23.6 Å². The van der Waals surface area contributed by atoms with Gasteiger partial charge in [-0.3, -0.25) is 0 Å². The second-order valence-corrected chi connectivity index (χ2v) is 6.75. The van der Waals surface area contributed by atoms with Gasteiger partial charge < -0.3 is 5.32 Å². The first kappa shape index (κ1) is 18.6. The molecule has 2 aromatic carbocycles. The molecule has 0 radical (unpaired) electrons. The van der Waals surface area contributed by atoms with Crippen LogP contribution in [0.2, 0.25) is 0 Å². The van der Waals surface area contributed by atoms with Crippen molar-refractivity contribution in [1.29, 1.82) is 0 Å². The summed E-state index contributed by atoms with van der Waals surface area (Å²) in [6.07, 6.45) is -4.41. The summed E-state index contributed by atoms with van der Waals surface area (Å²) in [5.41, 5.74) is 0.166. The van der Waals surface area contributed by atoms with Gasteiger partial charge in [0.25, 0.3) is 0 Å². The van der Waals surface area contributed by atoms with Crippen molar-refractivity contribution in [3.8, 4) is 0 Å². The molecule has 0 spiro atoms. The van der Waals surface area contributed by atoms with Gasteiger partial charge in [-0.2, -0.15) is 13.2 Å². The van der Waals surface area contributed by atoms with Crippen LogP contribution in [0.25, 0.3) is 10.9 Å². The highest BCUT2D eigenvalue weighted by Gasteiger charge is 2.30. The second-order valence-electron chi connectivity index (χ2n) is 5.89. The minimum atomic E-state index is -4.41. The molecular formula is C18H14BrF4N3. The highest BCUT2D eigenvalue weighted by molar-refractivity contribution is 9.10. The normalized spacial score (nSPS) is 13.0. The predicted octanol–water partition coefficient (Wildman–Crippen LogP) is 6.03. The van der Waals surface area contributed by atoms with Gasteiger partial charge in [-0.05, 0) is 53.5 Å². The maximum atomic E-state index is 13.8. The van der Waals surface area contributed by atoms with Crippen LogP contribution in [0.4, 0.5) is 23.4 Å². The molecular weight excluding hydrogens is 414 g/mol. The first-order chi connectivity index (χ1) is 12.1. The lowest BCUT2D eigenvalue weighted by Gasteiger charge is -2.18. The topological polar surface area (TPSA) is 37.8 Å². The second kappa shape index (κ2) is 6.83. The average molecular weight is 428 g/mol. The van der Waals surface area contributed by atoms with E-state index in [0.29, 0.717) is 28.1 Å². The van der Waals surface area contributed by atoms with Gasteiger partial charge in [0.05, 0.1) is 15.6 Å². The zero-order valence-corrected chi connectivity index (χ0v) is 15.4. The van der Waals surface area contributed by atoms with E-state index in [-0.39, 0.29) is 4.47 Å². The monoisotopic (exact) mass is 427 g/mol. The van der Waals surface area contributed by atoms with Crippen LogP contribution in [0, 0.1) is 12.7 Å². The Kier molecular flexibility index (Phi) is 4.88. The van der Waals surface area contributed by atoms with Crippen LogP contribution < -0.4 is 5.32 Å². The summed E-state index contributed by atoms with van der Waals surface area (Å²) in [6.45, 7) is 3.40. The highest BCUT2D eigenvalue weighted by atomic mass is 79.9. The fourth-order valence-corrected chi connectivity index (χ4v) is 2.97. The number of nitrogens with zero attached hydrogens (tertiary/aromatic N) is 2. The van der Waals surface area contributed by atoms with E-state index in [1.165, 1.54) is 12.1 Å². The van der Waals surface area contributed by atoms with E-state index >= 15 is 0 Å². The van der Waals surface area contributed by atoms with Gasteiger partial charge >= 0.3 is 6.18 Å². The Bertz CT molecular complexity index is 973. The molecule has 0 aliphatic carbocycles. The molecule has 0 saturated carbocycles. The Labute approximate surface area is 155 Å². The van der Waals surface area contributed by atoms with Crippen molar-refractivity contribution in [2.75, 3.05) is 5.32 Å². The number of aryl methyl sites for hydroxylation is 1. The van der Waals surface area contributed by atoms with Crippen molar-refractivity contribution in [2.24, 2.45) is 0 Å². The van der Waals surface area contributed by atoms with Crippen LogP contribution in [-0.4, -0.2) is 9.97 Å². The quantitative estimate of drug-likeness (QED) is 0.518. The number of benzene rings is 2. The van der Waals surface area contributed by atoms with Gasteiger partial charge in [-0.1, -0.05) is 12.1 Å². The summed E-state index contributed by atoms with van der Waals surface area (Å²) in [7, 11) is 0. The number of alkyl halides is 3.